The average molecular weight is 287 g/mol. The second-order valence-corrected chi connectivity index (χ2v) is 6.18. The van der Waals surface area contributed by atoms with Crippen molar-refractivity contribution in [1.29, 1.82) is 0 Å². The van der Waals surface area contributed by atoms with E-state index in [9.17, 15) is 9.90 Å². The van der Waals surface area contributed by atoms with Crippen LogP contribution >= 0.6 is 0 Å². The van der Waals surface area contributed by atoms with E-state index in [-0.39, 0.29) is 17.9 Å². The van der Waals surface area contributed by atoms with Gasteiger partial charge in [-0.15, -0.1) is 0 Å². The van der Waals surface area contributed by atoms with Crippen molar-refractivity contribution in [2.45, 2.75) is 39.7 Å². The number of piperidine rings is 1. The highest BCUT2D eigenvalue weighted by Gasteiger charge is 2.25. The molecule has 1 aliphatic heterocycles. The first-order valence-electron chi connectivity index (χ1n) is 7.69. The second-order valence-electron chi connectivity index (χ2n) is 6.18. The molecule has 0 bridgehead atoms. The zero-order valence-electron chi connectivity index (χ0n) is 13.2. The number of nitrogens with zero attached hydrogens (tertiary/aromatic N) is 1. The maximum atomic E-state index is 12.3. The van der Waals surface area contributed by atoms with Crippen molar-refractivity contribution in [2.24, 2.45) is 5.92 Å². The van der Waals surface area contributed by atoms with Crippen LogP contribution in [0.4, 0.5) is 0 Å². The first-order chi connectivity index (χ1) is 9.95. The predicted molar refractivity (Wildman–Crippen MR) is 85.9 cm³/mol. The summed E-state index contributed by atoms with van der Waals surface area (Å²) >= 11 is 0. The van der Waals surface area contributed by atoms with Crippen LogP contribution in [0.2, 0.25) is 0 Å². The van der Waals surface area contributed by atoms with Crippen molar-refractivity contribution in [3.8, 4) is 0 Å². The Balaban J connectivity index is 2.01. The van der Waals surface area contributed by atoms with Crippen LogP contribution in [0.3, 0.4) is 0 Å². The van der Waals surface area contributed by atoms with Gasteiger partial charge in [0.25, 0.3) is 0 Å². The third kappa shape index (κ3) is 4.43. The molecule has 1 amide bonds. The SMILES string of the molecule is Cc1cc(C)cc(/C=C/C(=O)N2CCCC(C(C)O)C2)c1. The Hall–Kier alpha value is -1.61. The lowest BCUT2D eigenvalue weighted by Gasteiger charge is -2.33. The summed E-state index contributed by atoms with van der Waals surface area (Å²) in [5.41, 5.74) is 3.47. The number of aryl methyl sites for hydroxylation is 2. The van der Waals surface area contributed by atoms with Gasteiger partial charge < -0.3 is 10.0 Å². The number of benzene rings is 1. The highest BCUT2D eigenvalue weighted by Crippen LogP contribution is 2.20. The van der Waals surface area contributed by atoms with E-state index in [0.29, 0.717) is 6.54 Å². The van der Waals surface area contributed by atoms with Crippen molar-refractivity contribution in [1.82, 2.24) is 4.90 Å². The van der Waals surface area contributed by atoms with E-state index in [1.807, 2.05) is 17.9 Å². The fraction of sp³-hybridized carbons (Fsp3) is 0.500. The van der Waals surface area contributed by atoms with E-state index in [4.69, 9.17) is 0 Å². The van der Waals surface area contributed by atoms with Gasteiger partial charge in [-0.05, 0) is 45.3 Å². The minimum Gasteiger partial charge on any atom is -0.393 e. The molecule has 1 heterocycles. The minimum absolute atomic E-state index is 0.0412. The summed E-state index contributed by atoms with van der Waals surface area (Å²) in [6, 6.07) is 6.27. The highest BCUT2D eigenvalue weighted by atomic mass is 16.3. The van der Waals surface area contributed by atoms with Gasteiger partial charge in [-0.25, -0.2) is 0 Å². The van der Waals surface area contributed by atoms with Crippen LogP contribution in [0.15, 0.2) is 24.3 Å². The largest absolute Gasteiger partial charge is 0.393 e. The lowest BCUT2D eigenvalue weighted by atomic mass is 9.93. The third-order valence-corrected chi connectivity index (χ3v) is 4.11. The van der Waals surface area contributed by atoms with Gasteiger partial charge in [0.1, 0.15) is 0 Å². The Kier molecular flexibility index (Phi) is 5.18. The fourth-order valence-electron chi connectivity index (χ4n) is 2.98. The molecule has 0 spiro atoms. The molecule has 1 aliphatic rings. The number of carbonyl (C=O) groups is 1. The van der Waals surface area contributed by atoms with Crippen molar-refractivity contribution < 1.29 is 9.90 Å². The standard InChI is InChI=1S/C18H25NO2/c1-13-9-14(2)11-16(10-13)6-7-18(21)19-8-4-5-17(12-19)15(3)20/h6-7,9-11,15,17,20H,4-5,8,12H2,1-3H3/b7-6+. The number of carbonyl (C=O) groups excluding carboxylic acids is 1. The lowest BCUT2D eigenvalue weighted by molar-refractivity contribution is -0.128. The first kappa shape index (κ1) is 15.8. The summed E-state index contributed by atoms with van der Waals surface area (Å²) in [6.07, 6.45) is 5.16. The molecule has 1 saturated heterocycles. The predicted octanol–water partition coefficient (Wildman–Crippen LogP) is 2.94. The van der Waals surface area contributed by atoms with Gasteiger partial charge in [-0.3, -0.25) is 4.79 Å². The molecule has 0 radical (unpaired) electrons. The minimum atomic E-state index is -0.344. The molecule has 0 aliphatic carbocycles. The van der Waals surface area contributed by atoms with Crippen LogP contribution in [-0.4, -0.2) is 35.1 Å². The van der Waals surface area contributed by atoms with Crippen LogP contribution in [0.5, 0.6) is 0 Å². The molecule has 3 nitrogen and oxygen atoms in total. The van der Waals surface area contributed by atoms with Gasteiger partial charge in [0.2, 0.25) is 5.91 Å². The topological polar surface area (TPSA) is 40.5 Å². The van der Waals surface area contributed by atoms with E-state index in [2.05, 4.69) is 32.0 Å². The first-order valence-corrected chi connectivity index (χ1v) is 7.69. The van der Waals surface area contributed by atoms with Gasteiger partial charge >= 0.3 is 0 Å². The number of aliphatic hydroxyl groups is 1. The zero-order valence-corrected chi connectivity index (χ0v) is 13.2. The molecule has 3 heteroatoms. The molecule has 114 valence electrons. The molecule has 1 aromatic carbocycles. The molecule has 0 saturated carbocycles. The smallest absolute Gasteiger partial charge is 0.246 e. The maximum absolute atomic E-state index is 12.3. The molecule has 1 aromatic rings. The van der Waals surface area contributed by atoms with Gasteiger partial charge in [0.15, 0.2) is 0 Å². The third-order valence-electron chi connectivity index (χ3n) is 4.11. The van der Waals surface area contributed by atoms with Crippen molar-refractivity contribution >= 4 is 12.0 Å². The monoisotopic (exact) mass is 287 g/mol. The molecular weight excluding hydrogens is 262 g/mol. The lowest BCUT2D eigenvalue weighted by Crippen LogP contribution is -2.42. The molecule has 2 rings (SSSR count). The van der Waals surface area contributed by atoms with E-state index in [1.165, 1.54) is 11.1 Å². The normalized spacial score (nSPS) is 20.8. The Labute approximate surface area is 127 Å². The molecular formula is C18H25NO2. The Morgan fingerprint density at radius 1 is 1.33 bits per heavy atom. The number of aliphatic hydroxyl groups excluding tert-OH is 1. The van der Waals surface area contributed by atoms with Crippen molar-refractivity contribution in [3.05, 3.63) is 41.0 Å². The van der Waals surface area contributed by atoms with Crippen molar-refractivity contribution in [2.75, 3.05) is 13.1 Å². The molecule has 2 unspecified atom stereocenters. The number of hydrogen-bond donors (Lipinski definition) is 1. The van der Waals surface area contributed by atoms with Crippen LogP contribution < -0.4 is 0 Å². The average Bonchev–Trinajstić information content (AvgIpc) is 2.44. The van der Waals surface area contributed by atoms with E-state index in [0.717, 1.165) is 24.9 Å². The van der Waals surface area contributed by atoms with E-state index in [1.54, 1.807) is 6.08 Å². The summed E-state index contributed by atoms with van der Waals surface area (Å²) in [5, 5.41) is 9.69. The summed E-state index contributed by atoms with van der Waals surface area (Å²) in [6.45, 7) is 7.38. The second kappa shape index (κ2) is 6.90. The Morgan fingerprint density at radius 2 is 2.00 bits per heavy atom. The molecule has 0 aromatic heterocycles. The number of rotatable bonds is 3. The van der Waals surface area contributed by atoms with Gasteiger partial charge in [-0.1, -0.05) is 29.3 Å². The maximum Gasteiger partial charge on any atom is 0.246 e. The summed E-state index contributed by atoms with van der Waals surface area (Å²) in [7, 11) is 0. The molecule has 21 heavy (non-hydrogen) atoms. The summed E-state index contributed by atoms with van der Waals surface area (Å²) in [4.78, 5) is 14.1. The van der Waals surface area contributed by atoms with Crippen LogP contribution in [0, 0.1) is 19.8 Å². The van der Waals surface area contributed by atoms with E-state index < -0.39 is 0 Å². The van der Waals surface area contributed by atoms with Gasteiger partial charge in [-0.2, -0.15) is 0 Å². The van der Waals surface area contributed by atoms with Crippen molar-refractivity contribution in [3.63, 3.8) is 0 Å². The molecule has 1 N–H and O–H groups in total. The van der Waals surface area contributed by atoms with Crippen LogP contribution in [0.1, 0.15) is 36.5 Å². The van der Waals surface area contributed by atoms with Crippen LogP contribution in [0.25, 0.3) is 6.08 Å². The number of hydrogen-bond acceptors (Lipinski definition) is 2. The van der Waals surface area contributed by atoms with Gasteiger partial charge in [0.05, 0.1) is 6.10 Å². The molecule has 1 fully saturated rings. The fourth-order valence-corrected chi connectivity index (χ4v) is 2.98. The quantitative estimate of drug-likeness (QED) is 0.868. The Morgan fingerprint density at radius 3 is 2.62 bits per heavy atom. The molecule has 2 atom stereocenters. The highest BCUT2D eigenvalue weighted by molar-refractivity contribution is 5.91. The Bertz CT molecular complexity index is 514. The zero-order chi connectivity index (χ0) is 15.4. The number of likely N-dealkylation sites (tertiary alicyclic amines) is 1. The van der Waals surface area contributed by atoms with E-state index >= 15 is 0 Å². The number of amides is 1. The van der Waals surface area contributed by atoms with Crippen LogP contribution in [-0.2, 0) is 4.79 Å². The summed E-state index contributed by atoms with van der Waals surface area (Å²) < 4.78 is 0. The summed E-state index contributed by atoms with van der Waals surface area (Å²) in [5.74, 6) is 0.247. The van der Waals surface area contributed by atoms with Gasteiger partial charge in [0, 0.05) is 25.1 Å².